The van der Waals surface area contributed by atoms with Crippen LogP contribution < -0.4 is 5.32 Å². The average molecular weight is 570 g/mol. The number of pyridine rings is 1. The van der Waals surface area contributed by atoms with E-state index >= 15 is 4.39 Å². The minimum Gasteiger partial charge on any atom is -0.444 e. The van der Waals surface area contributed by atoms with Crippen molar-refractivity contribution in [3.05, 3.63) is 40.5 Å². The number of sulfone groups is 1. The summed E-state index contributed by atoms with van der Waals surface area (Å²) in [5.74, 6) is -1.03. The van der Waals surface area contributed by atoms with E-state index < -0.39 is 32.5 Å². The highest BCUT2D eigenvalue weighted by atomic mass is 32.2. The zero-order chi connectivity index (χ0) is 28.3. The summed E-state index contributed by atoms with van der Waals surface area (Å²) >= 11 is 1.16. The van der Waals surface area contributed by atoms with Gasteiger partial charge in [0.1, 0.15) is 22.2 Å². The molecule has 3 aromatic heterocycles. The first-order valence-electron chi connectivity index (χ1n) is 12.0. The van der Waals surface area contributed by atoms with Crippen molar-refractivity contribution in [1.82, 2.24) is 15.0 Å². The van der Waals surface area contributed by atoms with Crippen LogP contribution in [0.2, 0.25) is 0 Å². The molecule has 0 fully saturated rings. The summed E-state index contributed by atoms with van der Waals surface area (Å²) in [5.41, 5.74) is 1.28. The highest BCUT2D eigenvalue weighted by molar-refractivity contribution is 7.91. The summed E-state index contributed by atoms with van der Waals surface area (Å²) in [4.78, 5) is 25.1. The lowest BCUT2D eigenvalue weighted by atomic mass is 9.93. The number of anilines is 1. The van der Waals surface area contributed by atoms with Crippen molar-refractivity contribution >= 4 is 53.3 Å². The molecule has 0 aliphatic carbocycles. The van der Waals surface area contributed by atoms with Crippen molar-refractivity contribution in [3.8, 4) is 17.3 Å². The van der Waals surface area contributed by atoms with E-state index in [1.54, 1.807) is 33.9 Å². The van der Waals surface area contributed by atoms with Crippen molar-refractivity contribution < 1.29 is 27.1 Å². The van der Waals surface area contributed by atoms with Crippen LogP contribution in [-0.4, -0.2) is 40.8 Å². The van der Waals surface area contributed by atoms with Gasteiger partial charge in [-0.05, 0) is 44.4 Å². The molecule has 4 aromatic rings. The fraction of sp³-hybridized carbons (Fsp3) is 0.346. The number of aryl methyl sites for hydroxylation is 1. The number of benzene rings is 1. The Morgan fingerprint density at radius 1 is 1.26 bits per heavy atom. The summed E-state index contributed by atoms with van der Waals surface area (Å²) in [6.07, 6.45) is 2.13. The lowest BCUT2D eigenvalue weighted by Gasteiger charge is -2.19. The first-order chi connectivity index (χ1) is 18.4. The third-order valence-electron chi connectivity index (χ3n) is 6.19. The molecular formula is C26H24FN5O5S2. The molecule has 1 aliphatic heterocycles. The smallest absolute Gasteiger partial charge is 0.412 e. The van der Waals surface area contributed by atoms with Crippen LogP contribution in [0.1, 0.15) is 49.9 Å². The van der Waals surface area contributed by atoms with Crippen LogP contribution >= 0.6 is 11.3 Å². The number of aromatic nitrogens is 3. The average Bonchev–Trinajstić information content (AvgIpc) is 3.49. The van der Waals surface area contributed by atoms with Crippen molar-refractivity contribution in [2.45, 2.75) is 58.6 Å². The topological polar surface area (TPSA) is 144 Å². The Hall–Kier alpha value is -3.73. The first kappa shape index (κ1) is 26.9. The molecule has 5 rings (SSSR count). The molecule has 1 amide bonds. The second-order valence-electron chi connectivity index (χ2n) is 10.00. The summed E-state index contributed by atoms with van der Waals surface area (Å²) in [6, 6.07) is 2.13. The minimum atomic E-state index is -3.80. The first-order valence-corrected chi connectivity index (χ1v) is 14.5. The van der Waals surface area contributed by atoms with Crippen LogP contribution in [0.4, 0.5) is 14.2 Å². The molecule has 39 heavy (non-hydrogen) atoms. The molecule has 202 valence electrons. The van der Waals surface area contributed by atoms with Crippen molar-refractivity contribution in [2.24, 2.45) is 0 Å². The van der Waals surface area contributed by atoms with E-state index in [0.29, 0.717) is 26.6 Å². The highest BCUT2D eigenvalue weighted by Gasteiger charge is 2.31. The van der Waals surface area contributed by atoms with E-state index in [1.165, 1.54) is 13.1 Å². The van der Waals surface area contributed by atoms with Gasteiger partial charge >= 0.3 is 6.09 Å². The number of nitrogens with zero attached hydrogens (tertiary/aromatic N) is 4. The van der Waals surface area contributed by atoms with E-state index in [9.17, 15) is 18.5 Å². The van der Waals surface area contributed by atoms with Gasteiger partial charge in [0.2, 0.25) is 15.0 Å². The van der Waals surface area contributed by atoms with Crippen LogP contribution in [0, 0.1) is 24.1 Å². The number of hydrogen-bond acceptors (Lipinski definition) is 10. The number of ether oxygens (including phenoxy) is 2. The Balaban J connectivity index is 1.80. The second kappa shape index (κ2) is 9.48. The molecular weight excluding hydrogens is 545 g/mol. The van der Waals surface area contributed by atoms with Gasteiger partial charge in [-0.2, -0.15) is 5.26 Å². The number of carbonyl (C=O) groups excluding carboxylic acids is 1. The van der Waals surface area contributed by atoms with Crippen LogP contribution in [0.5, 0.6) is 0 Å². The second-order valence-corrected chi connectivity index (χ2v) is 13.2. The molecule has 1 N–H and O–H groups in total. The molecule has 1 aromatic carbocycles. The van der Waals surface area contributed by atoms with Gasteiger partial charge in [0.25, 0.3) is 0 Å². The predicted octanol–water partition coefficient (Wildman–Crippen LogP) is 5.40. The molecule has 0 atom stereocenters. The van der Waals surface area contributed by atoms with Gasteiger partial charge in [-0.3, -0.25) is 10.3 Å². The third kappa shape index (κ3) is 4.58. The van der Waals surface area contributed by atoms with E-state index in [2.05, 4.69) is 26.3 Å². The van der Waals surface area contributed by atoms with Crippen LogP contribution in [0.3, 0.4) is 0 Å². The number of nitriles is 1. The predicted molar refractivity (Wildman–Crippen MR) is 144 cm³/mol. The Kier molecular flexibility index (Phi) is 6.53. The van der Waals surface area contributed by atoms with Crippen molar-refractivity contribution in [2.75, 3.05) is 11.1 Å². The number of hydrogen-bond donors (Lipinski definition) is 1. The largest absolute Gasteiger partial charge is 0.444 e. The summed E-state index contributed by atoms with van der Waals surface area (Å²) in [5, 5.41) is 13.2. The van der Waals surface area contributed by atoms with Gasteiger partial charge in [0.15, 0.2) is 5.82 Å². The fourth-order valence-corrected chi connectivity index (χ4v) is 6.23. The maximum absolute atomic E-state index is 16.4. The summed E-state index contributed by atoms with van der Waals surface area (Å²) in [7, 11) is -3.80. The summed E-state index contributed by atoms with van der Waals surface area (Å²) in [6.45, 7) is 8.66. The lowest BCUT2D eigenvalue weighted by molar-refractivity contribution is 0.0636. The molecule has 0 saturated carbocycles. The zero-order valence-corrected chi connectivity index (χ0v) is 23.4. The SMILES string of the molecule is CCS(=O)(=O)c1ncc2c3c(c(-c4ncc(C)c5sc(NC(=O)OC(C)(C)C)c(C#N)c45)c(F)c2n1)COC3. The standard InChI is InChI=1S/C26H24FN5O5S2/c1-6-39(34,35)24-30-9-14-15-10-36-11-16(15)17(19(27)20(14)31-24)21-18-13(7-28)23(32-25(33)37-26(3,4)5)38-22(18)12(2)8-29-21/h8-9H,6,10-11H2,1-5H3,(H,32,33). The Morgan fingerprint density at radius 3 is 2.64 bits per heavy atom. The number of rotatable bonds is 4. The van der Waals surface area contributed by atoms with Gasteiger partial charge in [-0.15, -0.1) is 11.3 Å². The maximum Gasteiger partial charge on any atom is 0.412 e. The van der Waals surface area contributed by atoms with E-state index in [4.69, 9.17) is 9.47 Å². The van der Waals surface area contributed by atoms with Gasteiger partial charge in [0.05, 0.1) is 30.2 Å². The molecule has 0 spiro atoms. The quantitative estimate of drug-likeness (QED) is 0.320. The number of fused-ring (bicyclic) bond motifs is 4. The molecule has 4 heterocycles. The van der Waals surface area contributed by atoms with Crippen molar-refractivity contribution in [1.29, 1.82) is 5.26 Å². The number of amides is 1. The van der Waals surface area contributed by atoms with E-state index in [-0.39, 0.29) is 46.3 Å². The maximum atomic E-state index is 16.4. The molecule has 0 unspecified atom stereocenters. The van der Waals surface area contributed by atoms with Crippen LogP contribution in [0.25, 0.3) is 32.2 Å². The monoisotopic (exact) mass is 569 g/mol. The number of thiophene rings is 1. The Bertz CT molecular complexity index is 1840. The van der Waals surface area contributed by atoms with E-state index in [0.717, 1.165) is 16.9 Å². The molecule has 0 radical (unpaired) electrons. The number of carbonyl (C=O) groups is 1. The molecule has 13 heteroatoms. The van der Waals surface area contributed by atoms with Crippen LogP contribution in [0.15, 0.2) is 17.6 Å². The Morgan fingerprint density at radius 2 is 1.97 bits per heavy atom. The van der Waals surface area contributed by atoms with Gasteiger partial charge < -0.3 is 9.47 Å². The lowest BCUT2D eigenvalue weighted by Crippen LogP contribution is -2.27. The third-order valence-corrected chi connectivity index (χ3v) is 8.94. The number of nitrogens with one attached hydrogen (secondary N) is 1. The summed E-state index contributed by atoms with van der Waals surface area (Å²) < 4.78 is 52.9. The molecule has 10 nitrogen and oxygen atoms in total. The number of halogens is 1. The van der Waals surface area contributed by atoms with Gasteiger partial charge in [-0.1, -0.05) is 6.92 Å². The van der Waals surface area contributed by atoms with Crippen LogP contribution in [-0.2, 0) is 32.5 Å². The normalized spacial score (nSPS) is 13.5. The van der Waals surface area contributed by atoms with Gasteiger partial charge in [0, 0.05) is 33.4 Å². The van der Waals surface area contributed by atoms with Gasteiger partial charge in [-0.25, -0.2) is 27.6 Å². The van der Waals surface area contributed by atoms with E-state index in [1.807, 2.05) is 0 Å². The fourth-order valence-electron chi connectivity index (χ4n) is 4.42. The Labute approximate surface area is 227 Å². The zero-order valence-electron chi connectivity index (χ0n) is 21.8. The minimum absolute atomic E-state index is 0.0664. The highest BCUT2D eigenvalue weighted by Crippen LogP contribution is 2.46. The molecule has 0 bridgehead atoms. The van der Waals surface area contributed by atoms with Crippen molar-refractivity contribution in [3.63, 3.8) is 0 Å². The molecule has 0 saturated heterocycles. The molecule has 1 aliphatic rings.